The second kappa shape index (κ2) is 7.64. The van der Waals surface area contributed by atoms with Crippen LogP contribution in [0.3, 0.4) is 0 Å². The van der Waals surface area contributed by atoms with Crippen molar-refractivity contribution < 1.29 is 9.90 Å². The van der Waals surface area contributed by atoms with E-state index < -0.39 is 0 Å². The molecule has 2 amide bonds. The van der Waals surface area contributed by atoms with E-state index in [0.29, 0.717) is 19.5 Å². The van der Waals surface area contributed by atoms with Gasteiger partial charge in [-0.25, -0.2) is 4.79 Å². The smallest absolute Gasteiger partial charge is 0.315 e. The van der Waals surface area contributed by atoms with Gasteiger partial charge in [-0.15, -0.1) is 0 Å². The predicted octanol–water partition coefficient (Wildman–Crippen LogP) is 2.66. The number of aliphatic hydroxyl groups excluding tert-OH is 1. The highest BCUT2D eigenvalue weighted by Crippen LogP contribution is 2.15. The molecule has 2 aromatic carbocycles. The normalized spacial score (nSPS) is 12.1. The molecule has 4 heteroatoms. The van der Waals surface area contributed by atoms with Gasteiger partial charge in [-0.3, -0.25) is 0 Å². The molecular formula is C17H22N2O2. The Morgan fingerprint density at radius 2 is 1.90 bits per heavy atom. The summed E-state index contributed by atoms with van der Waals surface area (Å²) in [7, 11) is 0. The number of benzene rings is 2. The minimum Gasteiger partial charge on any atom is -0.396 e. The highest BCUT2D eigenvalue weighted by molar-refractivity contribution is 5.83. The van der Waals surface area contributed by atoms with Crippen LogP contribution in [0.1, 0.15) is 18.9 Å². The maximum atomic E-state index is 11.7. The largest absolute Gasteiger partial charge is 0.396 e. The molecule has 0 aliphatic carbocycles. The summed E-state index contributed by atoms with van der Waals surface area (Å²) < 4.78 is 0. The van der Waals surface area contributed by atoms with Gasteiger partial charge in [-0.2, -0.15) is 0 Å². The van der Waals surface area contributed by atoms with Crippen LogP contribution in [-0.2, 0) is 6.54 Å². The molecule has 0 aromatic heterocycles. The fourth-order valence-electron chi connectivity index (χ4n) is 2.18. The van der Waals surface area contributed by atoms with Crippen molar-refractivity contribution in [3.8, 4) is 0 Å². The lowest BCUT2D eigenvalue weighted by atomic mass is 10.1. The van der Waals surface area contributed by atoms with Crippen LogP contribution in [0.2, 0.25) is 0 Å². The monoisotopic (exact) mass is 286 g/mol. The first-order valence-electron chi connectivity index (χ1n) is 7.29. The van der Waals surface area contributed by atoms with Crippen molar-refractivity contribution in [2.45, 2.75) is 19.9 Å². The second-order valence-corrected chi connectivity index (χ2v) is 5.36. The van der Waals surface area contributed by atoms with Crippen molar-refractivity contribution in [2.24, 2.45) is 5.92 Å². The van der Waals surface area contributed by atoms with Gasteiger partial charge in [0.05, 0.1) is 0 Å². The van der Waals surface area contributed by atoms with Gasteiger partial charge in [0, 0.05) is 19.7 Å². The van der Waals surface area contributed by atoms with Gasteiger partial charge in [0.2, 0.25) is 0 Å². The molecule has 1 unspecified atom stereocenters. The Labute approximate surface area is 125 Å². The first-order valence-corrected chi connectivity index (χ1v) is 7.29. The maximum absolute atomic E-state index is 11.7. The van der Waals surface area contributed by atoms with E-state index in [0.717, 1.165) is 5.56 Å². The average Bonchev–Trinajstić information content (AvgIpc) is 2.51. The molecule has 21 heavy (non-hydrogen) atoms. The van der Waals surface area contributed by atoms with E-state index in [4.69, 9.17) is 5.11 Å². The van der Waals surface area contributed by atoms with Gasteiger partial charge >= 0.3 is 6.03 Å². The van der Waals surface area contributed by atoms with Crippen LogP contribution in [0.5, 0.6) is 0 Å². The quantitative estimate of drug-likeness (QED) is 0.764. The van der Waals surface area contributed by atoms with Crippen molar-refractivity contribution in [3.63, 3.8) is 0 Å². The van der Waals surface area contributed by atoms with E-state index in [2.05, 4.69) is 34.9 Å². The zero-order valence-corrected chi connectivity index (χ0v) is 12.3. The highest BCUT2D eigenvalue weighted by Gasteiger charge is 2.05. The number of fused-ring (bicyclic) bond motifs is 1. The fourth-order valence-corrected chi connectivity index (χ4v) is 2.18. The van der Waals surface area contributed by atoms with Crippen LogP contribution in [0.15, 0.2) is 42.5 Å². The lowest BCUT2D eigenvalue weighted by molar-refractivity contribution is 0.233. The lowest BCUT2D eigenvalue weighted by Crippen LogP contribution is -2.37. The lowest BCUT2D eigenvalue weighted by Gasteiger charge is -2.12. The Bertz CT molecular complexity index is 598. The van der Waals surface area contributed by atoms with Crippen LogP contribution in [0.4, 0.5) is 4.79 Å². The Morgan fingerprint density at radius 1 is 1.14 bits per heavy atom. The zero-order valence-electron chi connectivity index (χ0n) is 12.3. The Hall–Kier alpha value is -2.07. The minimum absolute atomic E-state index is 0.154. The molecule has 0 heterocycles. The number of urea groups is 1. The van der Waals surface area contributed by atoms with Crippen molar-refractivity contribution >= 4 is 16.8 Å². The Morgan fingerprint density at radius 3 is 2.67 bits per heavy atom. The first-order chi connectivity index (χ1) is 10.2. The zero-order chi connectivity index (χ0) is 15.1. The van der Waals surface area contributed by atoms with Crippen molar-refractivity contribution in [2.75, 3.05) is 13.2 Å². The van der Waals surface area contributed by atoms with E-state index >= 15 is 0 Å². The molecule has 4 nitrogen and oxygen atoms in total. The third-order valence-corrected chi connectivity index (χ3v) is 3.50. The number of carbonyl (C=O) groups excluding carboxylic acids is 1. The van der Waals surface area contributed by atoms with Crippen molar-refractivity contribution in [1.29, 1.82) is 0 Å². The molecule has 3 N–H and O–H groups in total. The standard InChI is InChI=1S/C17H22N2O2/c1-13(8-9-20)11-18-17(21)19-12-14-6-7-15-4-2-3-5-16(15)10-14/h2-7,10,13,20H,8-9,11-12H2,1H3,(H2,18,19,21). The number of carbonyl (C=O) groups is 1. The minimum atomic E-state index is -0.173. The second-order valence-electron chi connectivity index (χ2n) is 5.36. The summed E-state index contributed by atoms with van der Waals surface area (Å²) >= 11 is 0. The predicted molar refractivity (Wildman–Crippen MR) is 85.1 cm³/mol. The molecule has 0 fully saturated rings. The molecule has 0 aliphatic heterocycles. The summed E-state index contributed by atoms with van der Waals surface area (Å²) in [5.74, 6) is 0.279. The van der Waals surface area contributed by atoms with E-state index in [-0.39, 0.29) is 18.6 Å². The molecule has 0 saturated heterocycles. The van der Waals surface area contributed by atoms with E-state index in [1.165, 1.54) is 10.8 Å². The molecule has 0 spiro atoms. The summed E-state index contributed by atoms with van der Waals surface area (Å²) in [4.78, 5) is 11.7. The third-order valence-electron chi connectivity index (χ3n) is 3.50. The molecule has 1 atom stereocenters. The molecule has 0 bridgehead atoms. The number of aliphatic hydroxyl groups is 1. The topological polar surface area (TPSA) is 61.4 Å². The van der Waals surface area contributed by atoms with E-state index in [1.807, 2.05) is 25.1 Å². The Balaban J connectivity index is 1.82. The fraction of sp³-hybridized carbons (Fsp3) is 0.353. The van der Waals surface area contributed by atoms with E-state index in [1.54, 1.807) is 0 Å². The summed E-state index contributed by atoms with van der Waals surface area (Å²) in [5, 5.41) is 16.8. The molecule has 0 aliphatic rings. The van der Waals surface area contributed by atoms with Crippen LogP contribution in [-0.4, -0.2) is 24.3 Å². The summed E-state index contributed by atoms with van der Waals surface area (Å²) in [6.07, 6.45) is 0.699. The van der Waals surface area contributed by atoms with Gasteiger partial charge in [0.15, 0.2) is 0 Å². The van der Waals surface area contributed by atoms with Gasteiger partial charge in [0.25, 0.3) is 0 Å². The van der Waals surface area contributed by atoms with Crippen LogP contribution in [0.25, 0.3) is 10.8 Å². The number of hydrogen-bond donors (Lipinski definition) is 3. The van der Waals surface area contributed by atoms with Crippen molar-refractivity contribution in [1.82, 2.24) is 10.6 Å². The van der Waals surface area contributed by atoms with Gasteiger partial charge in [-0.1, -0.05) is 43.3 Å². The number of amides is 2. The van der Waals surface area contributed by atoms with Gasteiger partial charge in [-0.05, 0) is 34.7 Å². The summed E-state index contributed by atoms with van der Waals surface area (Å²) in [6, 6.07) is 14.2. The first kappa shape index (κ1) is 15.3. The average molecular weight is 286 g/mol. The van der Waals surface area contributed by atoms with Gasteiger partial charge in [0.1, 0.15) is 0 Å². The molecular weight excluding hydrogens is 264 g/mol. The number of hydrogen-bond acceptors (Lipinski definition) is 2. The molecule has 2 rings (SSSR count). The molecule has 0 saturated carbocycles. The number of nitrogens with one attached hydrogen (secondary N) is 2. The van der Waals surface area contributed by atoms with E-state index in [9.17, 15) is 4.79 Å². The van der Waals surface area contributed by atoms with Crippen LogP contribution < -0.4 is 10.6 Å². The number of rotatable bonds is 6. The maximum Gasteiger partial charge on any atom is 0.315 e. The highest BCUT2D eigenvalue weighted by atomic mass is 16.3. The van der Waals surface area contributed by atoms with Crippen LogP contribution in [0, 0.1) is 5.92 Å². The summed E-state index contributed by atoms with van der Waals surface area (Å²) in [6.45, 7) is 3.23. The van der Waals surface area contributed by atoms with Gasteiger partial charge < -0.3 is 15.7 Å². The van der Waals surface area contributed by atoms with Crippen molar-refractivity contribution in [3.05, 3.63) is 48.0 Å². The summed E-state index contributed by atoms with van der Waals surface area (Å²) in [5.41, 5.74) is 1.08. The molecule has 2 aromatic rings. The Kier molecular flexibility index (Phi) is 5.58. The van der Waals surface area contributed by atoms with Crippen LogP contribution >= 0.6 is 0 Å². The molecule has 0 radical (unpaired) electrons. The SMILES string of the molecule is CC(CCO)CNC(=O)NCc1ccc2ccccc2c1. The molecule has 112 valence electrons. The third kappa shape index (κ3) is 4.76.